The summed E-state index contributed by atoms with van der Waals surface area (Å²) in [6.07, 6.45) is 2.26. The third-order valence-electron chi connectivity index (χ3n) is 6.59. The number of esters is 3. The first-order valence-electron chi connectivity index (χ1n) is 14.7. The van der Waals surface area contributed by atoms with Crippen LogP contribution in [0.15, 0.2) is 30.3 Å². The molecule has 236 valence electrons. The van der Waals surface area contributed by atoms with Crippen molar-refractivity contribution in [2.75, 3.05) is 20.2 Å². The van der Waals surface area contributed by atoms with E-state index in [1.165, 1.54) is 0 Å². The maximum Gasteiger partial charge on any atom is 0.407 e. The summed E-state index contributed by atoms with van der Waals surface area (Å²) < 4.78 is 40.6. The van der Waals surface area contributed by atoms with Gasteiger partial charge in [0.25, 0.3) is 0 Å². The number of carbonyl (C=O) groups excluding carboxylic acids is 4. The zero-order chi connectivity index (χ0) is 30.8. The third kappa shape index (κ3) is 12.6. The Kier molecular flexibility index (Phi) is 16.4. The van der Waals surface area contributed by atoms with Crippen molar-refractivity contribution < 1.29 is 47.0 Å². The molecule has 3 unspecified atom stereocenters. The van der Waals surface area contributed by atoms with Crippen LogP contribution in [0.5, 0.6) is 0 Å². The molecule has 0 aromatic heterocycles. The summed E-state index contributed by atoms with van der Waals surface area (Å²) >= 11 is 0. The normalized spacial score (nSPS) is 17.5. The number of alkyl carbamates (subject to hydrolysis) is 1. The Morgan fingerprint density at radius 2 is 1.81 bits per heavy atom. The van der Waals surface area contributed by atoms with Crippen molar-refractivity contribution in [2.24, 2.45) is 0 Å². The van der Waals surface area contributed by atoms with E-state index >= 15 is 0 Å². The van der Waals surface area contributed by atoms with E-state index in [2.05, 4.69) is 10.6 Å². The molecule has 2 N–H and O–H groups in total. The molecular weight excluding hydrogens is 567 g/mol. The van der Waals surface area contributed by atoms with Crippen LogP contribution in [0.3, 0.4) is 0 Å². The van der Waals surface area contributed by atoms with Crippen molar-refractivity contribution in [1.82, 2.24) is 10.6 Å². The van der Waals surface area contributed by atoms with Gasteiger partial charge in [-0.05, 0) is 63.5 Å². The van der Waals surface area contributed by atoms with Crippen LogP contribution in [0.4, 0.5) is 4.79 Å². The first kappa shape index (κ1) is 35.4. The second kappa shape index (κ2) is 19.4. The number of hydrogen-bond donors (Lipinski definition) is 2. The molecule has 1 fully saturated rings. The zero-order valence-corrected chi connectivity index (χ0v) is 25.7. The molecular formula is C29H45N2O10P. The van der Waals surface area contributed by atoms with Gasteiger partial charge < -0.3 is 29.4 Å². The lowest BCUT2D eigenvalue weighted by molar-refractivity contribution is -0.166. The van der Waals surface area contributed by atoms with Crippen LogP contribution in [0.25, 0.3) is 0 Å². The van der Waals surface area contributed by atoms with Gasteiger partial charge in [-0.2, -0.15) is 0 Å². The van der Waals surface area contributed by atoms with Crippen molar-refractivity contribution in [3.63, 3.8) is 0 Å². The Labute approximate surface area is 248 Å². The summed E-state index contributed by atoms with van der Waals surface area (Å²) in [7, 11) is -3.01. The van der Waals surface area contributed by atoms with Gasteiger partial charge in [0.05, 0.1) is 0 Å². The molecule has 0 saturated carbocycles. The Balaban J connectivity index is 2.02. The van der Waals surface area contributed by atoms with Gasteiger partial charge in [0.1, 0.15) is 12.6 Å². The van der Waals surface area contributed by atoms with Crippen LogP contribution in [0, 0.1) is 0 Å². The lowest BCUT2D eigenvalue weighted by Gasteiger charge is -2.28. The number of amides is 1. The molecule has 12 nitrogen and oxygen atoms in total. The summed E-state index contributed by atoms with van der Waals surface area (Å²) in [5.41, 5.74) is 0.855. The topological polar surface area (TPSA) is 156 Å². The highest BCUT2D eigenvalue weighted by atomic mass is 31.2. The molecule has 1 aliphatic heterocycles. The second-order valence-corrected chi connectivity index (χ2v) is 12.3. The number of ether oxygens (including phenoxy) is 3. The Morgan fingerprint density at radius 3 is 2.45 bits per heavy atom. The highest BCUT2D eigenvalue weighted by Gasteiger charge is 2.43. The minimum absolute atomic E-state index is 0.0156. The molecule has 42 heavy (non-hydrogen) atoms. The van der Waals surface area contributed by atoms with Gasteiger partial charge in [-0.15, -0.1) is 0 Å². The first-order chi connectivity index (χ1) is 20.2. The average Bonchev–Trinajstić information content (AvgIpc) is 3.53. The van der Waals surface area contributed by atoms with Gasteiger partial charge in [0.15, 0.2) is 6.10 Å². The second-order valence-electron chi connectivity index (χ2n) is 10.0. The van der Waals surface area contributed by atoms with Crippen LogP contribution in [-0.2, 0) is 48.8 Å². The van der Waals surface area contributed by atoms with Crippen molar-refractivity contribution in [3.05, 3.63) is 35.9 Å². The minimum atomic E-state index is -4.17. The van der Waals surface area contributed by atoms with E-state index in [1.54, 1.807) is 0 Å². The van der Waals surface area contributed by atoms with Gasteiger partial charge >= 0.3 is 31.6 Å². The molecule has 0 aliphatic carbocycles. The highest BCUT2D eigenvalue weighted by Crippen LogP contribution is 2.56. The fourth-order valence-corrected chi connectivity index (χ4v) is 5.98. The van der Waals surface area contributed by atoms with E-state index in [-0.39, 0.29) is 32.4 Å². The molecule has 1 aliphatic rings. The maximum atomic E-state index is 13.9. The molecule has 1 aromatic carbocycles. The molecule has 1 saturated heterocycles. The number of rotatable bonds is 19. The molecule has 0 radical (unpaired) electrons. The maximum absolute atomic E-state index is 13.9. The smallest absolute Gasteiger partial charge is 0.407 e. The minimum Gasteiger partial charge on any atom is -0.449 e. The predicted molar refractivity (Wildman–Crippen MR) is 154 cm³/mol. The van der Waals surface area contributed by atoms with Gasteiger partial charge in [0.2, 0.25) is 5.85 Å². The number of unbranched alkanes of at least 4 members (excludes halogenated alkanes) is 2. The molecule has 1 aromatic rings. The molecule has 13 heteroatoms. The van der Waals surface area contributed by atoms with E-state index in [0.717, 1.165) is 25.5 Å². The number of hydrogen-bond acceptors (Lipinski definition) is 11. The summed E-state index contributed by atoms with van der Waals surface area (Å²) in [6, 6.07) is 8.64. The van der Waals surface area contributed by atoms with Crippen molar-refractivity contribution in [2.45, 2.75) is 103 Å². The van der Waals surface area contributed by atoms with Crippen LogP contribution in [0.2, 0.25) is 0 Å². The SMILES string of the molecule is CCCCC(OC(=O)CCC)P(=O)(OC)OC(CCCCNC(=O)OCc1ccccc1)C(=O)OC(=O)[C@@H]1CCCN1. The molecule has 0 bridgehead atoms. The number of carbonyl (C=O) groups is 4. The standard InChI is InChI=1S/C29H45N2O10P/c1-4-6-18-26(39-25(32)13-5-2)42(36,37-3)41-24(28(34)40-27(33)23-16-12-20-30-23)17-10-11-19-31-29(35)38-21-22-14-8-7-9-15-22/h7-9,14-15,23-24,26,30H,4-6,10-13,16-21H2,1-3H3,(H,31,35)/t23-,24?,26?,42?/m0/s1. The summed E-state index contributed by atoms with van der Waals surface area (Å²) in [6.45, 7) is 4.76. The summed E-state index contributed by atoms with van der Waals surface area (Å²) in [5, 5.41) is 5.61. The van der Waals surface area contributed by atoms with Crippen molar-refractivity contribution >= 4 is 31.6 Å². The van der Waals surface area contributed by atoms with Gasteiger partial charge in [0, 0.05) is 20.1 Å². The first-order valence-corrected chi connectivity index (χ1v) is 16.3. The van der Waals surface area contributed by atoms with E-state index in [4.69, 9.17) is 23.3 Å². The van der Waals surface area contributed by atoms with Gasteiger partial charge in [-0.3, -0.25) is 13.9 Å². The Bertz CT molecular complexity index is 1030. The zero-order valence-electron chi connectivity index (χ0n) is 24.8. The third-order valence-corrected chi connectivity index (χ3v) is 8.72. The Hall–Kier alpha value is -2.79. The average molecular weight is 613 g/mol. The van der Waals surface area contributed by atoms with E-state index in [9.17, 15) is 23.7 Å². The van der Waals surface area contributed by atoms with Gasteiger partial charge in [-0.25, -0.2) is 14.4 Å². The molecule has 0 spiro atoms. The van der Waals surface area contributed by atoms with E-state index in [0.29, 0.717) is 38.6 Å². The van der Waals surface area contributed by atoms with Crippen molar-refractivity contribution in [3.8, 4) is 0 Å². The van der Waals surface area contributed by atoms with Crippen LogP contribution in [-0.4, -0.2) is 62.2 Å². The molecule has 1 amide bonds. The van der Waals surface area contributed by atoms with Gasteiger partial charge in [-0.1, -0.05) is 50.6 Å². The number of benzene rings is 1. The predicted octanol–water partition coefficient (Wildman–Crippen LogP) is 4.99. The van der Waals surface area contributed by atoms with E-state index in [1.807, 2.05) is 44.2 Å². The van der Waals surface area contributed by atoms with Crippen LogP contribution >= 0.6 is 7.60 Å². The summed E-state index contributed by atoms with van der Waals surface area (Å²) in [4.78, 5) is 49.9. The largest absolute Gasteiger partial charge is 0.449 e. The Morgan fingerprint density at radius 1 is 1.05 bits per heavy atom. The highest BCUT2D eigenvalue weighted by molar-refractivity contribution is 7.54. The summed E-state index contributed by atoms with van der Waals surface area (Å²) in [5.74, 6) is -3.51. The van der Waals surface area contributed by atoms with Crippen molar-refractivity contribution in [1.29, 1.82) is 0 Å². The van der Waals surface area contributed by atoms with E-state index < -0.39 is 49.6 Å². The lowest BCUT2D eigenvalue weighted by atomic mass is 10.1. The molecule has 1 heterocycles. The quantitative estimate of drug-likeness (QED) is 0.0714. The fraction of sp³-hybridized carbons (Fsp3) is 0.655. The fourth-order valence-electron chi connectivity index (χ4n) is 4.24. The number of nitrogens with one attached hydrogen (secondary N) is 2. The lowest BCUT2D eigenvalue weighted by Crippen LogP contribution is -2.37. The molecule has 4 atom stereocenters. The van der Waals surface area contributed by atoms with Crippen LogP contribution in [0.1, 0.15) is 83.6 Å². The monoisotopic (exact) mass is 612 g/mol. The van der Waals surface area contributed by atoms with Crippen LogP contribution < -0.4 is 10.6 Å². The molecule has 2 rings (SSSR count).